The van der Waals surface area contributed by atoms with Gasteiger partial charge in [-0.15, -0.1) is 0 Å². The van der Waals surface area contributed by atoms with Gasteiger partial charge in [-0.1, -0.05) is 6.07 Å². The number of carboxylic acid groups (broad SMARTS) is 2. The molecule has 0 aromatic heterocycles. The van der Waals surface area contributed by atoms with Crippen molar-refractivity contribution >= 4 is 23.9 Å². The van der Waals surface area contributed by atoms with Gasteiger partial charge in [0.1, 0.15) is 5.76 Å². The standard InChI is InChI=1S/C25H27NO11/c1-26-9-8-24-20-12-2-3-13(27)21(20)37-22(24)14(6-7-25(24,34)16(26)10-12)35-18(30)4-5-19(31)36-15(23(32)33)11-17(28)29/h2-3,6,15-16,22,27,34H,4-5,7-11H2,1H3,(H,28,29)(H,32,33)/t15-,16-,22-,24-,25+/m0/s1. The summed E-state index contributed by atoms with van der Waals surface area (Å²) in [4.78, 5) is 48.6. The molecule has 198 valence electrons. The van der Waals surface area contributed by atoms with E-state index in [2.05, 4.69) is 9.64 Å². The number of aliphatic carboxylic acids is 2. The van der Waals surface area contributed by atoms with Crippen molar-refractivity contribution in [3.05, 3.63) is 35.1 Å². The first kappa shape index (κ1) is 25.0. The monoisotopic (exact) mass is 517 g/mol. The van der Waals surface area contributed by atoms with Gasteiger partial charge in [-0.05, 0) is 44.1 Å². The molecule has 37 heavy (non-hydrogen) atoms. The van der Waals surface area contributed by atoms with E-state index in [9.17, 15) is 29.4 Å². The van der Waals surface area contributed by atoms with Crippen LogP contribution in [0.3, 0.4) is 0 Å². The van der Waals surface area contributed by atoms with Crippen molar-refractivity contribution < 1.29 is 53.8 Å². The average Bonchev–Trinajstić information content (AvgIpc) is 3.19. The second kappa shape index (κ2) is 8.73. The van der Waals surface area contributed by atoms with Crippen LogP contribution in [0.4, 0.5) is 0 Å². The minimum atomic E-state index is -1.87. The fourth-order valence-electron chi connectivity index (χ4n) is 6.38. The first-order valence-electron chi connectivity index (χ1n) is 12.0. The van der Waals surface area contributed by atoms with Crippen LogP contribution in [0.2, 0.25) is 0 Å². The van der Waals surface area contributed by atoms with E-state index in [1.54, 1.807) is 12.1 Å². The molecule has 12 heteroatoms. The summed E-state index contributed by atoms with van der Waals surface area (Å²) in [6.45, 7) is 0.662. The minimum absolute atomic E-state index is 0.0648. The Hall–Kier alpha value is -3.64. The van der Waals surface area contributed by atoms with Crippen LogP contribution in [-0.4, -0.2) is 86.6 Å². The smallest absolute Gasteiger partial charge is 0.345 e. The van der Waals surface area contributed by atoms with Crippen molar-refractivity contribution in [1.29, 1.82) is 0 Å². The summed E-state index contributed by atoms with van der Waals surface area (Å²) in [7, 11) is 1.95. The highest BCUT2D eigenvalue weighted by Gasteiger charge is 2.72. The molecule has 2 aliphatic heterocycles. The SMILES string of the molecule is CN1CC[C@]23c4c5ccc(O)c4O[C@H]2C(OC(=O)CCC(=O)O[C@@H](CC(=O)O)C(=O)O)=CC[C@@]3(O)[C@@H]1C5. The molecule has 4 N–H and O–H groups in total. The van der Waals surface area contributed by atoms with Gasteiger partial charge in [0.2, 0.25) is 6.10 Å². The van der Waals surface area contributed by atoms with E-state index in [0.29, 0.717) is 19.4 Å². The van der Waals surface area contributed by atoms with Crippen molar-refractivity contribution in [2.24, 2.45) is 0 Å². The fraction of sp³-hybridized carbons (Fsp3) is 0.520. The molecule has 1 saturated heterocycles. The number of carboxylic acids is 2. The summed E-state index contributed by atoms with van der Waals surface area (Å²) in [6.07, 6.45) is -1.73. The maximum absolute atomic E-state index is 12.6. The Labute approximate surface area is 211 Å². The molecule has 1 aromatic carbocycles. The van der Waals surface area contributed by atoms with Crippen molar-refractivity contribution in [3.63, 3.8) is 0 Å². The molecule has 1 aromatic rings. The Bertz CT molecular complexity index is 1230. The molecule has 5 rings (SSSR count). The predicted molar refractivity (Wildman–Crippen MR) is 122 cm³/mol. The van der Waals surface area contributed by atoms with Gasteiger partial charge in [-0.25, -0.2) is 4.79 Å². The minimum Gasteiger partial charge on any atom is -0.504 e. The highest BCUT2D eigenvalue weighted by atomic mass is 16.6. The van der Waals surface area contributed by atoms with E-state index < -0.39 is 66.4 Å². The van der Waals surface area contributed by atoms with E-state index in [4.69, 9.17) is 19.7 Å². The van der Waals surface area contributed by atoms with Crippen LogP contribution < -0.4 is 4.74 Å². The number of piperidine rings is 1. The van der Waals surface area contributed by atoms with E-state index in [0.717, 1.165) is 11.1 Å². The highest BCUT2D eigenvalue weighted by molar-refractivity contribution is 5.84. The molecule has 5 atom stereocenters. The number of carbonyl (C=O) groups is 4. The van der Waals surface area contributed by atoms with Crippen LogP contribution in [0.1, 0.15) is 43.2 Å². The van der Waals surface area contributed by atoms with Crippen LogP contribution in [0.5, 0.6) is 11.5 Å². The van der Waals surface area contributed by atoms with E-state index in [1.165, 1.54) is 0 Å². The van der Waals surface area contributed by atoms with Gasteiger partial charge in [-0.3, -0.25) is 14.4 Å². The molecule has 12 nitrogen and oxygen atoms in total. The number of esters is 2. The van der Waals surface area contributed by atoms with Crippen molar-refractivity contribution in [1.82, 2.24) is 4.90 Å². The summed E-state index contributed by atoms with van der Waals surface area (Å²) in [5, 5.41) is 40.4. The van der Waals surface area contributed by atoms with Crippen molar-refractivity contribution in [3.8, 4) is 11.5 Å². The molecule has 1 spiro atoms. The number of likely N-dealkylation sites (N-methyl/N-ethyl adjacent to an activating group) is 1. The number of aliphatic hydroxyl groups is 1. The van der Waals surface area contributed by atoms with Gasteiger partial charge in [0, 0.05) is 18.0 Å². The largest absolute Gasteiger partial charge is 0.504 e. The summed E-state index contributed by atoms with van der Waals surface area (Å²) in [5.74, 6) is -4.54. The summed E-state index contributed by atoms with van der Waals surface area (Å²) in [5.41, 5.74) is -0.443. The van der Waals surface area contributed by atoms with Gasteiger partial charge >= 0.3 is 23.9 Å². The number of phenols is 1. The van der Waals surface area contributed by atoms with Gasteiger partial charge in [0.15, 0.2) is 17.6 Å². The summed E-state index contributed by atoms with van der Waals surface area (Å²) in [6, 6.07) is 3.18. The lowest BCUT2D eigenvalue weighted by atomic mass is 9.50. The topological polar surface area (TPSA) is 180 Å². The molecule has 2 bridgehead atoms. The Kier molecular flexibility index (Phi) is 5.91. The van der Waals surface area contributed by atoms with Gasteiger partial charge in [-0.2, -0.15) is 0 Å². The van der Waals surface area contributed by atoms with E-state index >= 15 is 0 Å². The third-order valence-electron chi connectivity index (χ3n) is 8.03. The van der Waals surface area contributed by atoms with Crippen LogP contribution in [-0.2, 0) is 40.5 Å². The Morgan fingerprint density at radius 3 is 2.62 bits per heavy atom. The molecule has 0 radical (unpaired) electrons. The number of rotatable bonds is 8. The first-order chi connectivity index (χ1) is 17.5. The molecule has 0 amide bonds. The number of hydrogen-bond donors (Lipinski definition) is 4. The van der Waals surface area contributed by atoms with Crippen LogP contribution in [0.25, 0.3) is 0 Å². The average molecular weight is 517 g/mol. The zero-order chi connectivity index (χ0) is 26.7. The second-order valence-corrected chi connectivity index (χ2v) is 9.99. The molecule has 0 saturated carbocycles. The number of phenolic OH excluding ortho intramolecular Hbond substituents is 1. The number of ether oxygens (including phenoxy) is 3. The van der Waals surface area contributed by atoms with Gasteiger partial charge in [0.25, 0.3) is 0 Å². The van der Waals surface area contributed by atoms with E-state index in [1.807, 2.05) is 13.1 Å². The lowest BCUT2D eigenvalue weighted by molar-refractivity contribution is -0.171. The lowest BCUT2D eigenvalue weighted by Gasteiger charge is -2.61. The maximum atomic E-state index is 12.6. The molecule has 4 aliphatic rings. The van der Waals surface area contributed by atoms with Crippen LogP contribution >= 0.6 is 0 Å². The Morgan fingerprint density at radius 1 is 1.19 bits per heavy atom. The quantitative estimate of drug-likeness (QED) is 0.351. The molecule has 0 unspecified atom stereocenters. The van der Waals surface area contributed by atoms with Gasteiger partial charge < -0.3 is 39.5 Å². The Balaban J connectivity index is 1.34. The third-order valence-corrected chi connectivity index (χ3v) is 8.03. The number of carbonyl (C=O) groups excluding carboxylic acids is 2. The first-order valence-corrected chi connectivity index (χ1v) is 12.0. The van der Waals surface area contributed by atoms with Crippen molar-refractivity contribution in [2.75, 3.05) is 13.6 Å². The van der Waals surface area contributed by atoms with Crippen molar-refractivity contribution in [2.45, 2.75) is 67.8 Å². The molecular formula is C25H27NO11. The number of hydrogen-bond acceptors (Lipinski definition) is 10. The molecule has 1 fully saturated rings. The lowest BCUT2D eigenvalue weighted by Crippen LogP contribution is -2.74. The molecule has 2 heterocycles. The zero-order valence-corrected chi connectivity index (χ0v) is 20.0. The summed E-state index contributed by atoms with van der Waals surface area (Å²) >= 11 is 0. The maximum Gasteiger partial charge on any atom is 0.345 e. The zero-order valence-electron chi connectivity index (χ0n) is 20.0. The Morgan fingerprint density at radius 2 is 1.92 bits per heavy atom. The normalized spacial score (nSPS) is 29.8. The van der Waals surface area contributed by atoms with Crippen LogP contribution in [0.15, 0.2) is 24.0 Å². The third kappa shape index (κ3) is 3.74. The van der Waals surface area contributed by atoms with Gasteiger partial charge in [0.05, 0.1) is 30.3 Å². The number of nitrogens with zero attached hydrogens (tertiary/aromatic N) is 1. The fourth-order valence-corrected chi connectivity index (χ4v) is 6.38. The summed E-state index contributed by atoms with van der Waals surface area (Å²) < 4.78 is 16.4. The second-order valence-electron chi connectivity index (χ2n) is 9.99. The number of aromatic hydroxyl groups is 1. The highest BCUT2D eigenvalue weighted by Crippen LogP contribution is 2.65. The molecule has 2 aliphatic carbocycles. The molecular weight excluding hydrogens is 490 g/mol. The van der Waals surface area contributed by atoms with Crippen LogP contribution in [0, 0.1) is 0 Å². The van der Waals surface area contributed by atoms with E-state index in [-0.39, 0.29) is 29.7 Å². The number of likely N-dealkylation sites (tertiary alicyclic amines) is 1. The predicted octanol–water partition coefficient (Wildman–Crippen LogP) is 0.464. The number of benzene rings is 1.